The van der Waals surface area contributed by atoms with E-state index in [1.54, 1.807) is 13.3 Å². The highest BCUT2D eigenvalue weighted by Crippen LogP contribution is 2.30. The second kappa shape index (κ2) is 5.51. The third-order valence-corrected chi connectivity index (χ3v) is 3.47. The van der Waals surface area contributed by atoms with E-state index in [1.165, 1.54) is 0 Å². The lowest BCUT2D eigenvalue weighted by Crippen LogP contribution is -1.95. The molecule has 1 aromatic carbocycles. The molecule has 0 aliphatic rings. The molecule has 0 radical (unpaired) electrons. The van der Waals surface area contributed by atoms with Crippen LogP contribution in [-0.2, 0) is 0 Å². The number of aromatic nitrogens is 1. The average molecular weight is 358 g/mol. The molecule has 88 valence electrons. The molecule has 2 rings (SSSR count). The summed E-state index contributed by atoms with van der Waals surface area (Å²) < 4.78 is 7.07. The Morgan fingerprint density at radius 2 is 2.00 bits per heavy atom. The zero-order valence-corrected chi connectivity index (χ0v) is 12.2. The molecule has 1 aromatic heterocycles. The predicted molar refractivity (Wildman–Crippen MR) is 75.9 cm³/mol. The first kappa shape index (κ1) is 12.4. The van der Waals surface area contributed by atoms with Crippen molar-refractivity contribution < 1.29 is 4.74 Å². The summed E-state index contributed by atoms with van der Waals surface area (Å²) in [4.78, 5) is 4.24. The molecule has 0 unspecified atom stereocenters. The van der Waals surface area contributed by atoms with Crippen molar-refractivity contribution in [3.05, 3.63) is 45.5 Å². The van der Waals surface area contributed by atoms with Crippen LogP contribution in [0.2, 0.25) is 0 Å². The Morgan fingerprint density at radius 3 is 2.71 bits per heavy atom. The third-order valence-electron chi connectivity index (χ3n) is 2.17. The smallest absolute Gasteiger partial charge is 0.144 e. The fourth-order valence-electron chi connectivity index (χ4n) is 1.35. The first-order chi connectivity index (χ1) is 8.20. The molecule has 1 N–H and O–H groups in total. The molecule has 0 aliphatic heterocycles. The number of benzene rings is 1. The van der Waals surface area contributed by atoms with Crippen LogP contribution in [0.5, 0.6) is 5.75 Å². The largest absolute Gasteiger partial charge is 0.495 e. The topological polar surface area (TPSA) is 34.1 Å². The Bertz CT molecular complexity index is 532. The maximum absolute atomic E-state index is 5.23. The summed E-state index contributed by atoms with van der Waals surface area (Å²) in [5.74, 6) is 1.55. The van der Waals surface area contributed by atoms with Crippen molar-refractivity contribution in [1.82, 2.24) is 4.98 Å². The standard InChI is InChI=1S/C12H10Br2N2O/c1-17-11-7-8(4-5-9(11)13)16-12-10(14)3-2-6-15-12/h2-7H,1H3,(H,15,16). The molecule has 2 aromatic rings. The van der Waals surface area contributed by atoms with Crippen LogP contribution in [0.4, 0.5) is 11.5 Å². The van der Waals surface area contributed by atoms with Crippen LogP contribution in [0.15, 0.2) is 45.5 Å². The summed E-state index contributed by atoms with van der Waals surface area (Å²) in [5.41, 5.74) is 0.921. The lowest BCUT2D eigenvalue weighted by molar-refractivity contribution is 0.412. The quantitative estimate of drug-likeness (QED) is 0.886. The summed E-state index contributed by atoms with van der Waals surface area (Å²) in [6.45, 7) is 0. The minimum absolute atomic E-state index is 0.775. The molecule has 5 heteroatoms. The van der Waals surface area contributed by atoms with E-state index in [0.717, 1.165) is 26.2 Å². The van der Waals surface area contributed by atoms with Gasteiger partial charge in [-0.1, -0.05) is 0 Å². The molecule has 0 aliphatic carbocycles. The highest BCUT2D eigenvalue weighted by molar-refractivity contribution is 9.11. The van der Waals surface area contributed by atoms with Crippen molar-refractivity contribution in [3.8, 4) is 5.75 Å². The molecule has 0 atom stereocenters. The fraction of sp³-hybridized carbons (Fsp3) is 0.0833. The second-order valence-corrected chi connectivity index (χ2v) is 5.02. The minimum atomic E-state index is 0.775. The summed E-state index contributed by atoms with van der Waals surface area (Å²) in [7, 11) is 1.64. The van der Waals surface area contributed by atoms with Crippen LogP contribution in [0.25, 0.3) is 0 Å². The third kappa shape index (κ3) is 2.98. The van der Waals surface area contributed by atoms with E-state index in [-0.39, 0.29) is 0 Å². The number of anilines is 2. The number of hydrogen-bond acceptors (Lipinski definition) is 3. The Balaban J connectivity index is 2.28. The van der Waals surface area contributed by atoms with Gasteiger partial charge in [0.1, 0.15) is 11.6 Å². The van der Waals surface area contributed by atoms with Crippen molar-refractivity contribution in [2.45, 2.75) is 0 Å². The van der Waals surface area contributed by atoms with E-state index in [4.69, 9.17) is 4.74 Å². The average Bonchev–Trinajstić information content (AvgIpc) is 2.34. The maximum Gasteiger partial charge on any atom is 0.144 e. The van der Waals surface area contributed by atoms with Crippen LogP contribution in [0.1, 0.15) is 0 Å². The van der Waals surface area contributed by atoms with Gasteiger partial charge < -0.3 is 10.1 Å². The number of halogens is 2. The first-order valence-corrected chi connectivity index (χ1v) is 6.50. The van der Waals surface area contributed by atoms with Gasteiger partial charge in [-0.2, -0.15) is 0 Å². The number of pyridine rings is 1. The van der Waals surface area contributed by atoms with Crippen LogP contribution < -0.4 is 10.1 Å². The lowest BCUT2D eigenvalue weighted by atomic mass is 10.3. The Hall–Kier alpha value is -1.07. The van der Waals surface area contributed by atoms with Gasteiger partial charge in [0, 0.05) is 18.0 Å². The van der Waals surface area contributed by atoms with Crippen molar-refractivity contribution in [1.29, 1.82) is 0 Å². The van der Waals surface area contributed by atoms with Gasteiger partial charge in [-0.15, -0.1) is 0 Å². The van der Waals surface area contributed by atoms with E-state index >= 15 is 0 Å². The Kier molecular flexibility index (Phi) is 4.02. The number of rotatable bonds is 3. The second-order valence-electron chi connectivity index (χ2n) is 3.31. The van der Waals surface area contributed by atoms with E-state index in [9.17, 15) is 0 Å². The zero-order valence-electron chi connectivity index (χ0n) is 9.08. The number of nitrogens with one attached hydrogen (secondary N) is 1. The van der Waals surface area contributed by atoms with Gasteiger partial charge >= 0.3 is 0 Å². The van der Waals surface area contributed by atoms with Crippen molar-refractivity contribution in [2.24, 2.45) is 0 Å². The van der Waals surface area contributed by atoms with E-state index in [0.29, 0.717) is 0 Å². The van der Waals surface area contributed by atoms with Crippen LogP contribution in [0, 0.1) is 0 Å². The molecular weight excluding hydrogens is 348 g/mol. The van der Waals surface area contributed by atoms with Crippen molar-refractivity contribution in [2.75, 3.05) is 12.4 Å². The summed E-state index contributed by atoms with van der Waals surface area (Å²) in [6.07, 6.45) is 1.74. The first-order valence-electron chi connectivity index (χ1n) is 4.92. The van der Waals surface area contributed by atoms with Gasteiger partial charge in [0.2, 0.25) is 0 Å². The molecule has 0 saturated carbocycles. The van der Waals surface area contributed by atoms with Crippen LogP contribution in [0.3, 0.4) is 0 Å². The summed E-state index contributed by atoms with van der Waals surface area (Å²) in [5, 5.41) is 3.22. The van der Waals surface area contributed by atoms with E-state index in [1.807, 2.05) is 30.3 Å². The van der Waals surface area contributed by atoms with E-state index < -0.39 is 0 Å². The normalized spacial score (nSPS) is 10.1. The molecule has 1 heterocycles. The molecule has 0 spiro atoms. The molecule has 17 heavy (non-hydrogen) atoms. The number of nitrogens with zero attached hydrogens (tertiary/aromatic N) is 1. The van der Waals surface area contributed by atoms with Crippen LogP contribution in [-0.4, -0.2) is 12.1 Å². The Labute approximate surface area is 116 Å². The maximum atomic E-state index is 5.23. The number of methoxy groups -OCH3 is 1. The van der Waals surface area contributed by atoms with Gasteiger partial charge in [0.15, 0.2) is 0 Å². The molecule has 0 saturated heterocycles. The lowest BCUT2D eigenvalue weighted by Gasteiger charge is -2.09. The van der Waals surface area contributed by atoms with Gasteiger partial charge in [-0.25, -0.2) is 4.98 Å². The molecule has 3 nitrogen and oxygen atoms in total. The van der Waals surface area contributed by atoms with Gasteiger partial charge in [-0.05, 0) is 56.1 Å². The highest BCUT2D eigenvalue weighted by atomic mass is 79.9. The van der Waals surface area contributed by atoms with Crippen LogP contribution >= 0.6 is 31.9 Å². The predicted octanol–water partition coefficient (Wildman–Crippen LogP) is 4.36. The molecule has 0 fully saturated rings. The summed E-state index contributed by atoms with van der Waals surface area (Å²) in [6, 6.07) is 9.60. The SMILES string of the molecule is COc1cc(Nc2ncccc2Br)ccc1Br. The zero-order chi connectivity index (χ0) is 12.3. The van der Waals surface area contributed by atoms with E-state index in [2.05, 4.69) is 42.2 Å². The monoisotopic (exact) mass is 356 g/mol. The van der Waals surface area contributed by atoms with Gasteiger partial charge in [0.25, 0.3) is 0 Å². The Morgan fingerprint density at radius 1 is 1.18 bits per heavy atom. The number of ether oxygens (including phenoxy) is 1. The molecule has 0 bridgehead atoms. The van der Waals surface area contributed by atoms with Crippen molar-refractivity contribution >= 4 is 43.4 Å². The minimum Gasteiger partial charge on any atom is -0.495 e. The molecule has 0 amide bonds. The number of hydrogen-bond donors (Lipinski definition) is 1. The molecular formula is C12H10Br2N2O. The highest BCUT2D eigenvalue weighted by Gasteiger charge is 2.04. The summed E-state index contributed by atoms with van der Waals surface area (Å²) >= 11 is 6.85. The van der Waals surface area contributed by atoms with Gasteiger partial charge in [-0.3, -0.25) is 0 Å². The fourth-order valence-corrected chi connectivity index (χ4v) is 2.11. The van der Waals surface area contributed by atoms with Crippen molar-refractivity contribution in [3.63, 3.8) is 0 Å². The van der Waals surface area contributed by atoms with Gasteiger partial charge in [0.05, 0.1) is 16.1 Å².